The van der Waals surface area contributed by atoms with E-state index in [9.17, 15) is 0 Å². The van der Waals surface area contributed by atoms with E-state index in [1.807, 2.05) is 31.2 Å². The van der Waals surface area contributed by atoms with Crippen molar-refractivity contribution < 1.29 is 13.9 Å². The molecule has 0 amide bonds. The standard InChI is InChI=1S/C14H19NO3/c1-10-4-3-5-11-8-13(18-14(10)11)12(15)9-17-7-6-16-2/h3-5,8,12H,6-7,9,15H2,1-2H3. The van der Waals surface area contributed by atoms with Gasteiger partial charge in [0.2, 0.25) is 0 Å². The summed E-state index contributed by atoms with van der Waals surface area (Å²) in [5.74, 6) is 0.761. The molecule has 1 unspecified atom stereocenters. The third-order valence-electron chi connectivity index (χ3n) is 2.85. The second-order valence-corrected chi connectivity index (χ2v) is 4.32. The Morgan fingerprint density at radius 2 is 2.17 bits per heavy atom. The topological polar surface area (TPSA) is 57.6 Å². The van der Waals surface area contributed by atoms with Crippen molar-refractivity contribution in [3.05, 3.63) is 35.6 Å². The molecule has 4 heteroatoms. The second kappa shape index (κ2) is 6.00. The Balaban J connectivity index is 2.04. The van der Waals surface area contributed by atoms with E-state index in [2.05, 4.69) is 0 Å². The maximum atomic E-state index is 6.03. The minimum atomic E-state index is -0.242. The molecule has 4 nitrogen and oxygen atoms in total. The van der Waals surface area contributed by atoms with Crippen molar-refractivity contribution in [2.75, 3.05) is 26.9 Å². The molecule has 1 aromatic heterocycles. The largest absolute Gasteiger partial charge is 0.459 e. The maximum absolute atomic E-state index is 6.03. The fraction of sp³-hybridized carbons (Fsp3) is 0.429. The van der Waals surface area contributed by atoms with Gasteiger partial charge in [0.25, 0.3) is 0 Å². The molecule has 0 saturated carbocycles. The van der Waals surface area contributed by atoms with Gasteiger partial charge < -0.3 is 19.6 Å². The number of aryl methyl sites for hydroxylation is 1. The minimum absolute atomic E-state index is 0.242. The first-order valence-electron chi connectivity index (χ1n) is 6.03. The zero-order chi connectivity index (χ0) is 13.0. The lowest BCUT2D eigenvalue weighted by atomic mass is 10.1. The molecule has 1 aromatic carbocycles. The van der Waals surface area contributed by atoms with Crippen LogP contribution >= 0.6 is 0 Å². The molecule has 0 aliphatic heterocycles. The molecule has 0 bridgehead atoms. The molecule has 0 saturated heterocycles. The summed E-state index contributed by atoms with van der Waals surface area (Å²) in [5.41, 5.74) is 8.05. The highest BCUT2D eigenvalue weighted by Crippen LogP contribution is 2.25. The van der Waals surface area contributed by atoms with Crippen LogP contribution in [0.15, 0.2) is 28.7 Å². The van der Waals surface area contributed by atoms with E-state index in [0.29, 0.717) is 19.8 Å². The van der Waals surface area contributed by atoms with Crippen molar-refractivity contribution in [3.63, 3.8) is 0 Å². The Kier molecular flexibility index (Phi) is 4.36. The van der Waals surface area contributed by atoms with Gasteiger partial charge in [-0.2, -0.15) is 0 Å². The van der Waals surface area contributed by atoms with E-state index < -0.39 is 0 Å². The lowest BCUT2D eigenvalue weighted by Crippen LogP contribution is -2.17. The predicted octanol–water partition coefficient (Wildman–Crippen LogP) is 2.40. The molecule has 0 spiro atoms. The molecule has 0 aliphatic rings. The van der Waals surface area contributed by atoms with Gasteiger partial charge in [-0.05, 0) is 18.6 Å². The Morgan fingerprint density at radius 1 is 1.33 bits per heavy atom. The van der Waals surface area contributed by atoms with E-state index in [1.54, 1.807) is 7.11 Å². The monoisotopic (exact) mass is 249 g/mol. The number of ether oxygens (including phenoxy) is 2. The summed E-state index contributed by atoms with van der Waals surface area (Å²) < 4.78 is 16.1. The van der Waals surface area contributed by atoms with Crippen molar-refractivity contribution in [1.82, 2.24) is 0 Å². The van der Waals surface area contributed by atoms with E-state index in [4.69, 9.17) is 19.6 Å². The number of benzene rings is 1. The highest BCUT2D eigenvalue weighted by atomic mass is 16.5. The Labute approximate surface area is 107 Å². The number of methoxy groups -OCH3 is 1. The fourth-order valence-corrected chi connectivity index (χ4v) is 1.85. The average Bonchev–Trinajstić information content (AvgIpc) is 2.80. The fourth-order valence-electron chi connectivity index (χ4n) is 1.85. The van der Waals surface area contributed by atoms with Crippen LogP contribution in [0.4, 0.5) is 0 Å². The molecule has 18 heavy (non-hydrogen) atoms. The molecule has 1 heterocycles. The Bertz CT molecular complexity index is 507. The van der Waals surface area contributed by atoms with Gasteiger partial charge in [0.05, 0.1) is 25.9 Å². The zero-order valence-electron chi connectivity index (χ0n) is 10.8. The number of para-hydroxylation sites is 1. The van der Waals surface area contributed by atoms with Gasteiger partial charge in [-0.3, -0.25) is 0 Å². The zero-order valence-corrected chi connectivity index (χ0v) is 10.8. The summed E-state index contributed by atoms with van der Waals surface area (Å²) in [5, 5.41) is 1.08. The number of rotatable bonds is 6. The lowest BCUT2D eigenvalue weighted by Gasteiger charge is -2.09. The molecule has 98 valence electrons. The van der Waals surface area contributed by atoms with Gasteiger partial charge in [-0.15, -0.1) is 0 Å². The van der Waals surface area contributed by atoms with E-state index in [-0.39, 0.29) is 6.04 Å². The third-order valence-corrected chi connectivity index (χ3v) is 2.85. The molecule has 2 N–H and O–H groups in total. The van der Waals surface area contributed by atoms with Crippen LogP contribution in [-0.4, -0.2) is 26.9 Å². The summed E-state index contributed by atoms with van der Waals surface area (Å²) in [6.07, 6.45) is 0. The minimum Gasteiger partial charge on any atom is -0.459 e. The van der Waals surface area contributed by atoms with E-state index in [1.165, 1.54) is 0 Å². The number of fused-ring (bicyclic) bond motifs is 1. The summed E-state index contributed by atoms with van der Waals surface area (Å²) in [6, 6.07) is 7.79. The SMILES string of the molecule is COCCOCC(N)c1cc2cccc(C)c2o1. The van der Waals surface area contributed by atoms with Crippen LogP contribution in [0, 0.1) is 6.92 Å². The van der Waals surface area contributed by atoms with Crippen molar-refractivity contribution in [2.24, 2.45) is 5.73 Å². The summed E-state index contributed by atoms with van der Waals surface area (Å²) in [6.45, 7) is 3.58. The number of furan rings is 1. The number of hydrogen-bond acceptors (Lipinski definition) is 4. The Morgan fingerprint density at radius 3 is 2.89 bits per heavy atom. The van der Waals surface area contributed by atoms with Crippen LogP contribution in [0.1, 0.15) is 17.4 Å². The summed E-state index contributed by atoms with van der Waals surface area (Å²) in [4.78, 5) is 0. The molecule has 0 fully saturated rings. The summed E-state index contributed by atoms with van der Waals surface area (Å²) in [7, 11) is 1.64. The number of hydrogen-bond donors (Lipinski definition) is 1. The second-order valence-electron chi connectivity index (χ2n) is 4.32. The van der Waals surface area contributed by atoms with Crippen LogP contribution in [0.5, 0.6) is 0 Å². The first-order chi connectivity index (χ1) is 8.72. The molecular formula is C14H19NO3. The first kappa shape index (κ1) is 13.1. The summed E-state index contributed by atoms with van der Waals surface area (Å²) >= 11 is 0. The Hall–Kier alpha value is -1.36. The molecule has 0 radical (unpaired) electrons. The van der Waals surface area contributed by atoms with Crippen molar-refractivity contribution in [3.8, 4) is 0 Å². The third kappa shape index (κ3) is 2.90. The number of nitrogens with two attached hydrogens (primary N) is 1. The van der Waals surface area contributed by atoms with Crippen molar-refractivity contribution >= 4 is 11.0 Å². The van der Waals surface area contributed by atoms with Crippen LogP contribution in [0.25, 0.3) is 11.0 Å². The van der Waals surface area contributed by atoms with Gasteiger partial charge in [0.1, 0.15) is 11.3 Å². The van der Waals surface area contributed by atoms with Gasteiger partial charge in [0, 0.05) is 12.5 Å². The molecule has 1 atom stereocenters. The lowest BCUT2D eigenvalue weighted by molar-refractivity contribution is 0.0612. The van der Waals surface area contributed by atoms with E-state index >= 15 is 0 Å². The smallest absolute Gasteiger partial charge is 0.137 e. The highest BCUT2D eigenvalue weighted by molar-refractivity contribution is 5.80. The van der Waals surface area contributed by atoms with E-state index in [0.717, 1.165) is 22.3 Å². The first-order valence-corrected chi connectivity index (χ1v) is 6.03. The average molecular weight is 249 g/mol. The highest BCUT2D eigenvalue weighted by Gasteiger charge is 2.13. The normalized spacial score (nSPS) is 13.1. The van der Waals surface area contributed by atoms with Crippen LogP contribution in [-0.2, 0) is 9.47 Å². The van der Waals surface area contributed by atoms with Crippen LogP contribution < -0.4 is 5.73 Å². The predicted molar refractivity (Wildman–Crippen MR) is 70.6 cm³/mol. The van der Waals surface area contributed by atoms with Crippen LogP contribution in [0.2, 0.25) is 0 Å². The van der Waals surface area contributed by atoms with Crippen molar-refractivity contribution in [1.29, 1.82) is 0 Å². The van der Waals surface area contributed by atoms with Gasteiger partial charge >= 0.3 is 0 Å². The maximum Gasteiger partial charge on any atom is 0.137 e. The molecule has 0 aliphatic carbocycles. The molecular weight excluding hydrogens is 230 g/mol. The van der Waals surface area contributed by atoms with Gasteiger partial charge in [0.15, 0.2) is 0 Å². The van der Waals surface area contributed by atoms with Gasteiger partial charge in [-0.1, -0.05) is 18.2 Å². The quantitative estimate of drug-likeness (QED) is 0.799. The van der Waals surface area contributed by atoms with Crippen LogP contribution in [0.3, 0.4) is 0 Å². The van der Waals surface area contributed by atoms with Crippen molar-refractivity contribution in [2.45, 2.75) is 13.0 Å². The molecule has 2 rings (SSSR count). The molecule has 2 aromatic rings. The van der Waals surface area contributed by atoms with Gasteiger partial charge in [-0.25, -0.2) is 0 Å².